The topological polar surface area (TPSA) is 65.6 Å². The Balaban J connectivity index is 1.44. The second kappa shape index (κ2) is 7.04. The SMILES string of the molecule is O=C1Cc2cc(NC(=S)NCCN3CCOCC3)ccc2N1. The number of hydrogen-bond donors (Lipinski definition) is 3. The van der Waals surface area contributed by atoms with Crippen molar-refractivity contribution in [1.29, 1.82) is 0 Å². The van der Waals surface area contributed by atoms with Gasteiger partial charge in [0.05, 0.1) is 19.6 Å². The molecule has 0 aliphatic carbocycles. The fraction of sp³-hybridized carbons (Fsp3) is 0.467. The van der Waals surface area contributed by atoms with Gasteiger partial charge in [-0.05, 0) is 36.0 Å². The van der Waals surface area contributed by atoms with E-state index in [9.17, 15) is 4.79 Å². The van der Waals surface area contributed by atoms with Crippen LogP contribution in [0.15, 0.2) is 18.2 Å². The van der Waals surface area contributed by atoms with Crippen LogP contribution in [-0.4, -0.2) is 55.3 Å². The van der Waals surface area contributed by atoms with Gasteiger partial charge in [0.1, 0.15) is 0 Å². The maximum absolute atomic E-state index is 11.3. The summed E-state index contributed by atoms with van der Waals surface area (Å²) in [6.07, 6.45) is 0.433. The van der Waals surface area contributed by atoms with Crippen molar-refractivity contribution in [3.05, 3.63) is 23.8 Å². The van der Waals surface area contributed by atoms with Gasteiger partial charge in [0.2, 0.25) is 5.91 Å². The molecule has 0 radical (unpaired) electrons. The molecule has 2 aliphatic heterocycles. The van der Waals surface area contributed by atoms with E-state index in [1.807, 2.05) is 18.2 Å². The van der Waals surface area contributed by atoms with E-state index in [0.717, 1.165) is 56.3 Å². The number of fused-ring (bicyclic) bond motifs is 1. The number of thiocarbonyl (C=S) groups is 1. The number of rotatable bonds is 4. The van der Waals surface area contributed by atoms with Crippen molar-refractivity contribution in [3.8, 4) is 0 Å². The molecule has 2 aliphatic rings. The molecule has 7 heteroatoms. The summed E-state index contributed by atoms with van der Waals surface area (Å²) >= 11 is 5.31. The molecule has 1 aromatic carbocycles. The van der Waals surface area contributed by atoms with Gasteiger partial charge in [0.15, 0.2) is 5.11 Å². The van der Waals surface area contributed by atoms with Crippen molar-refractivity contribution < 1.29 is 9.53 Å². The normalized spacial score (nSPS) is 17.7. The van der Waals surface area contributed by atoms with Crippen LogP contribution >= 0.6 is 12.2 Å². The summed E-state index contributed by atoms with van der Waals surface area (Å²) in [4.78, 5) is 13.7. The lowest BCUT2D eigenvalue weighted by atomic mass is 10.1. The highest BCUT2D eigenvalue weighted by Crippen LogP contribution is 2.25. The van der Waals surface area contributed by atoms with Crippen LogP contribution in [0, 0.1) is 0 Å². The standard InChI is InChI=1S/C15H20N4O2S/c20-14-10-11-9-12(1-2-13(11)18-14)17-15(22)16-3-4-19-5-7-21-8-6-19/h1-2,9H,3-8,10H2,(H,18,20)(H2,16,17,22). The fourth-order valence-corrected chi connectivity index (χ4v) is 2.85. The van der Waals surface area contributed by atoms with E-state index in [-0.39, 0.29) is 5.91 Å². The Morgan fingerprint density at radius 1 is 1.36 bits per heavy atom. The number of benzene rings is 1. The van der Waals surface area contributed by atoms with Gasteiger partial charge in [0.25, 0.3) is 0 Å². The van der Waals surface area contributed by atoms with Gasteiger partial charge in [0, 0.05) is 37.6 Å². The lowest BCUT2D eigenvalue weighted by molar-refractivity contribution is -0.115. The fourth-order valence-electron chi connectivity index (χ4n) is 2.63. The van der Waals surface area contributed by atoms with Gasteiger partial charge < -0.3 is 20.7 Å². The highest BCUT2D eigenvalue weighted by Gasteiger charge is 2.17. The zero-order valence-electron chi connectivity index (χ0n) is 12.4. The molecule has 1 saturated heterocycles. The summed E-state index contributed by atoms with van der Waals surface area (Å²) < 4.78 is 5.32. The van der Waals surface area contributed by atoms with Gasteiger partial charge in [-0.1, -0.05) is 0 Å². The first-order valence-corrected chi connectivity index (χ1v) is 7.89. The van der Waals surface area contributed by atoms with Crippen molar-refractivity contribution in [3.63, 3.8) is 0 Å². The molecule has 0 unspecified atom stereocenters. The number of nitrogens with zero attached hydrogens (tertiary/aromatic N) is 1. The Hall–Kier alpha value is -1.70. The Labute approximate surface area is 135 Å². The predicted molar refractivity (Wildman–Crippen MR) is 90.3 cm³/mol. The first kappa shape index (κ1) is 15.2. The summed E-state index contributed by atoms with van der Waals surface area (Å²) in [5.41, 5.74) is 2.80. The van der Waals surface area contributed by atoms with Gasteiger partial charge in [-0.25, -0.2) is 0 Å². The Bertz CT molecular complexity index is 573. The average Bonchev–Trinajstić information content (AvgIpc) is 2.87. The number of ether oxygens (including phenoxy) is 1. The van der Waals surface area contributed by atoms with E-state index < -0.39 is 0 Å². The molecule has 3 rings (SSSR count). The largest absolute Gasteiger partial charge is 0.379 e. The van der Waals surface area contributed by atoms with Crippen LogP contribution in [0.1, 0.15) is 5.56 Å². The molecule has 0 aromatic heterocycles. The number of carbonyl (C=O) groups is 1. The van der Waals surface area contributed by atoms with Crippen LogP contribution in [-0.2, 0) is 16.0 Å². The molecule has 6 nitrogen and oxygen atoms in total. The summed E-state index contributed by atoms with van der Waals surface area (Å²) in [6.45, 7) is 5.33. The van der Waals surface area contributed by atoms with Crippen molar-refractivity contribution in [1.82, 2.24) is 10.2 Å². The van der Waals surface area contributed by atoms with E-state index in [1.54, 1.807) is 0 Å². The first-order valence-electron chi connectivity index (χ1n) is 7.48. The van der Waals surface area contributed by atoms with Crippen molar-refractivity contribution >= 4 is 34.6 Å². The van der Waals surface area contributed by atoms with E-state index in [2.05, 4.69) is 20.9 Å². The first-order chi connectivity index (χ1) is 10.7. The van der Waals surface area contributed by atoms with E-state index in [1.165, 1.54) is 0 Å². The highest BCUT2D eigenvalue weighted by molar-refractivity contribution is 7.80. The lowest BCUT2D eigenvalue weighted by Gasteiger charge is -2.26. The molecule has 2 heterocycles. The molecule has 0 bridgehead atoms. The number of hydrogen-bond acceptors (Lipinski definition) is 4. The summed E-state index contributed by atoms with van der Waals surface area (Å²) in [5.74, 6) is 0.0402. The van der Waals surface area contributed by atoms with E-state index in [4.69, 9.17) is 17.0 Å². The van der Waals surface area contributed by atoms with E-state index in [0.29, 0.717) is 11.5 Å². The molecular weight excluding hydrogens is 300 g/mol. The number of morpholine rings is 1. The molecule has 3 N–H and O–H groups in total. The van der Waals surface area contributed by atoms with Gasteiger partial charge in [-0.15, -0.1) is 0 Å². The minimum Gasteiger partial charge on any atom is -0.379 e. The molecule has 0 atom stereocenters. The minimum atomic E-state index is 0.0402. The van der Waals surface area contributed by atoms with Gasteiger partial charge >= 0.3 is 0 Å². The monoisotopic (exact) mass is 320 g/mol. The molecule has 0 saturated carbocycles. The highest BCUT2D eigenvalue weighted by atomic mass is 32.1. The lowest BCUT2D eigenvalue weighted by Crippen LogP contribution is -2.42. The average molecular weight is 320 g/mol. The Morgan fingerprint density at radius 3 is 3.00 bits per heavy atom. The quantitative estimate of drug-likeness (QED) is 0.713. The summed E-state index contributed by atoms with van der Waals surface area (Å²) in [6, 6.07) is 5.78. The second-order valence-electron chi connectivity index (χ2n) is 5.43. The molecule has 0 spiro atoms. The summed E-state index contributed by atoms with van der Waals surface area (Å²) in [5, 5.41) is 9.79. The van der Waals surface area contributed by atoms with Crippen LogP contribution in [0.25, 0.3) is 0 Å². The van der Waals surface area contributed by atoms with Gasteiger partial charge in [-0.2, -0.15) is 0 Å². The van der Waals surface area contributed by atoms with Crippen molar-refractivity contribution in [2.24, 2.45) is 0 Å². The van der Waals surface area contributed by atoms with Crippen LogP contribution in [0.2, 0.25) is 0 Å². The number of anilines is 2. The smallest absolute Gasteiger partial charge is 0.228 e. The molecule has 1 amide bonds. The zero-order chi connectivity index (χ0) is 15.4. The summed E-state index contributed by atoms with van der Waals surface area (Å²) in [7, 11) is 0. The van der Waals surface area contributed by atoms with Crippen LogP contribution in [0.3, 0.4) is 0 Å². The molecule has 1 fully saturated rings. The van der Waals surface area contributed by atoms with Crippen LogP contribution in [0.5, 0.6) is 0 Å². The van der Waals surface area contributed by atoms with Crippen molar-refractivity contribution in [2.75, 3.05) is 50.0 Å². The minimum absolute atomic E-state index is 0.0402. The zero-order valence-corrected chi connectivity index (χ0v) is 13.2. The second-order valence-corrected chi connectivity index (χ2v) is 5.84. The maximum atomic E-state index is 11.3. The van der Waals surface area contributed by atoms with Gasteiger partial charge in [-0.3, -0.25) is 9.69 Å². The van der Waals surface area contributed by atoms with Crippen LogP contribution in [0.4, 0.5) is 11.4 Å². The van der Waals surface area contributed by atoms with Crippen LogP contribution < -0.4 is 16.0 Å². The third-order valence-corrected chi connectivity index (χ3v) is 4.05. The molecule has 22 heavy (non-hydrogen) atoms. The Morgan fingerprint density at radius 2 is 2.18 bits per heavy atom. The maximum Gasteiger partial charge on any atom is 0.228 e. The van der Waals surface area contributed by atoms with E-state index >= 15 is 0 Å². The third kappa shape index (κ3) is 3.94. The molecule has 118 valence electrons. The molecule has 1 aromatic rings. The Kier molecular flexibility index (Phi) is 4.87. The van der Waals surface area contributed by atoms with Crippen molar-refractivity contribution in [2.45, 2.75) is 6.42 Å². The predicted octanol–water partition coefficient (Wildman–Crippen LogP) is 0.800. The number of nitrogens with one attached hydrogen (secondary N) is 3. The number of amides is 1. The number of carbonyl (C=O) groups excluding carboxylic acids is 1. The third-order valence-electron chi connectivity index (χ3n) is 3.81. The molecular formula is C15H20N4O2S.